The third-order valence-electron chi connectivity index (χ3n) is 3.39. The van der Waals surface area contributed by atoms with Gasteiger partial charge in [-0.25, -0.2) is 0 Å². The molecular formula is C17H10IrN-. The Bertz CT molecular complexity index is 808. The molecule has 3 aromatic carbocycles. The van der Waals surface area contributed by atoms with Gasteiger partial charge in [-0.1, -0.05) is 36.4 Å². The van der Waals surface area contributed by atoms with Crippen LogP contribution in [0.15, 0.2) is 60.8 Å². The second-order valence-corrected chi connectivity index (χ2v) is 4.44. The van der Waals surface area contributed by atoms with E-state index in [1.807, 2.05) is 24.4 Å². The van der Waals surface area contributed by atoms with Crippen molar-refractivity contribution in [3.63, 3.8) is 0 Å². The Morgan fingerprint density at radius 2 is 1.63 bits per heavy atom. The minimum absolute atomic E-state index is 0. The summed E-state index contributed by atoms with van der Waals surface area (Å²) in [6, 6.07) is 22.0. The van der Waals surface area contributed by atoms with Crippen molar-refractivity contribution in [2.75, 3.05) is 0 Å². The zero-order valence-electron chi connectivity index (χ0n) is 10.1. The molecular weight excluding hydrogens is 410 g/mol. The predicted molar refractivity (Wildman–Crippen MR) is 75.6 cm³/mol. The van der Waals surface area contributed by atoms with Crippen molar-refractivity contribution >= 4 is 32.4 Å². The molecule has 0 bridgehead atoms. The molecule has 0 saturated heterocycles. The number of hydrogen-bond acceptors (Lipinski definition) is 1. The van der Waals surface area contributed by atoms with Crippen molar-refractivity contribution in [2.24, 2.45) is 0 Å². The van der Waals surface area contributed by atoms with Crippen molar-refractivity contribution in [3.8, 4) is 0 Å². The number of hydrogen-bond donors (Lipinski definition) is 0. The van der Waals surface area contributed by atoms with E-state index < -0.39 is 0 Å². The van der Waals surface area contributed by atoms with Gasteiger partial charge in [-0.2, -0.15) is 0 Å². The molecule has 0 N–H and O–H groups in total. The molecule has 0 saturated carbocycles. The van der Waals surface area contributed by atoms with Crippen LogP contribution in [0.4, 0.5) is 0 Å². The molecule has 0 atom stereocenters. The summed E-state index contributed by atoms with van der Waals surface area (Å²) in [6.07, 6.45) is 1.94. The van der Waals surface area contributed by atoms with E-state index in [2.05, 4.69) is 47.4 Å². The van der Waals surface area contributed by atoms with Crippen LogP contribution in [0, 0.1) is 6.07 Å². The van der Waals surface area contributed by atoms with Crippen molar-refractivity contribution in [2.45, 2.75) is 0 Å². The monoisotopic (exact) mass is 421 g/mol. The Morgan fingerprint density at radius 3 is 2.58 bits per heavy atom. The van der Waals surface area contributed by atoms with Crippen LogP contribution in [0.2, 0.25) is 0 Å². The topological polar surface area (TPSA) is 12.9 Å². The van der Waals surface area contributed by atoms with Gasteiger partial charge in [0.1, 0.15) is 0 Å². The van der Waals surface area contributed by atoms with Gasteiger partial charge in [0.25, 0.3) is 0 Å². The maximum Gasteiger partial charge on any atom is 0.0239 e. The normalized spacial score (nSPS) is 10.7. The van der Waals surface area contributed by atoms with Gasteiger partial charge in [0, 0.05) is 26.3 Å². The summed E-state index contributed by atoms with van der Waals surface area (Å²) in [5.74, 6) is 0. The van der Waals surface area contributed by atoms with Gasteiger partial charge in [0.15, 0.2) is 0 Å². The molecule has 0 spiro atoms. The van der Waals surface area contributed by atoms with Crippen LogP contribution >= 0.6 is 0 Å². The first-order valence-corrected chi connectivity index (χ1v) is 6.00. The van der Waals surface area contributed by atoms with E-state index in [1.54, 1.807) is 0 Å². The predicted octanol–water partition coefficient (Wildman–Crippen LogP) is 4.34. The van der Waals surface area contributed by atoms with E-state index >= 15 is 0 Å². The van der Waals surface area contributed by atoms with Gasteiger partial charge in [-0.15, -0.1) is 35.0 Å². The van der Waals surface area contributed by atoms with Crippen LogP contribution in [0.1, 0.15) is 0 Å². The van der Waals surface area contributed by atoms with Gasteiger partial charge in [0.05, 0.1) is 0 Å². The quantitative estimate of drug-likeness (QED) is 0.305. The Hall–Kier alpha value is -1.76. The second kappa shape index (κ2) is 4.73. The third-order valence-corrected chi connectivity index (χ3v) is 3.39. The van der Waals surface area contributed by atoms with E-state index in [9.17, 15) is 0 Å². The minimum Gasteiger partial charge on any atom is -0.303 e. The van der Waals surface area contributed by atoms with Gasteiger partial charge in [-0.05, 0) is 21.7 Å². The summed E-state index contributed by atoms with van der Waals surface area (Å²) in [4.78, 5) is 4.61. The molecule has 1 aromatic heterocycles. The van der Waals surface area contributed by atoms with Gasteiger partial charge in [0.2, 0.25) is 0 Å². The number of fused-ring (bicyclic) bond motifs is 5. The smallest absolute Gasteiger partial charge is 0.0239 e. The summed E-state index contributed by atoms with van der Waals surface area (Å²) < 4.78 is 0. The van der Waals surface area contributed by atoms with Gasteiger partial charge in [-0.3, -0.25) is 0 Å². The molecule has 4 aromatic rings. The number of rotatable bonds is 0. The summed E-state index contributed by atoms with van der Waals surface area (Å²) in [5.41, 5.74) is 1.03. The van der Waals surface area contributed by atoms with Crippen LogP contribution < -0.4 is 0 Å². The van der Waals surface area contributed by atoms with Gasteiger partial charge >= 0.3 is 0 Å². The summed E-state index contributed by atoms with van der Waals surface area (Å²) in [6.45, 7) is 0. The largest absolute Gasteiger partial charge is 0.303 e. The molecule has 0 amide bonds. The maximum atomic E-state index is 4.61. The fourth-order valence-electron chi connectivity index (χ4n) is 2.52. The van der Waals surface area contributed by atoms with Crippen molar-refractivity contribution in [3.05, 3.63) is 66.9 Å². The Morgan fingerprint density at radius 1 is 0.789 bits per heavy atom. The SMILES string of the molecule is [Ir].[c-]1cccc2ccc3c4ccccc4cnc3c12. The van der Waals surface area contributed by atoms with Crippen molar-refractivity contribution in [1.82, 2.24) is 4.98 Å². The fraction of sp³-hybridized carbons (Fsp3) is 0. The molecule has 1 heterocycles. The van der Waals surface area contributed by atoms with Crippen LogP contribution in [-0.4, -0.2) is 4.98 Å². The standard InChI is InChI=1S/C17H10N.Ir/c1-4-8-15-12(5-1)9-10-16-14-7-3-2-6-13(14)11-18-17(15)16;/h1-7,9-11H;/q-1;. The van der Waals surface area contributed by atoms with Gasteiger partial charge < -0.3 is 4.98 Å². The molecule has 19 heavy (non-hydrogen) atoms. The average molecular weight is 420 g/mol. The number of benzene rings is 3. The maximum absolute atomic E-state index is 4.61. The van der Waals surface area contributed by atoms with Crippen LogP contribution in [0.5, 0.6) is 0 Å². The first kappa shape index (κ1) is 12.3. The Labute approximate surface area is 124 Å². The molecule has 1 nitrogen and oxygen atoms in total. The number of pyridine rings is 1. The second-order valence-electron chi connectivity index (χ2n) is 4.44. The number of nitrogens with zero attached hydrogens (tertiary/aromatic N) is 1. The van der Waals surface area contributed by atoms with E-state index in [-0.39, 0.29) is 20.1 Å². The fourth-order valence-corrected chi connectivity index (χ4v) is 2.52. The Kier molecular flexibility index (Phi) is 3.06. The average Bonchev–Trinajstić information content (AvgIpc) is 2.46. The molecule has 0 aliphatic carbocycles. The molecule has 2 heteroatoms. The molecule has 1 radical (unpaired) electrons. The zero-order chi connectivity index (χ0) is 11.9. The van der Waals surface area contributed by atoms with Crippen LogP contribution in [0.25, 0.3) is 32.4 Å². The summed E-state index contributed by atoms with van der Waals surface area (Å²) in [5, 5.41) is 5.92. The Balaban J connectivity index is 0.00000110. The minimum atomic E-state index is 0. The first-order valence-electron chi connectivity index (χ1n) is 6.00. The molecule has 4 rings (SSSR count). The summed E-state index contributed by atoms with van der Waals surface area (Å²) >= 11 is 0. The summed E-state index contributed by atoms with van der Waals surface area (Å²) in [7, 11) is 0. The third kappa shape index (κ3) is 1.85. The van der Waals surface area contributed by atoms with E-state index in [4.69, 9.17) is 0 Å². The molecule has 0 aliphatic rings. The zero-order valence-corrected chi connectivity index (χ0v) is 12.4. The van der Waals surface area contributed by atoms with Crippen molar-refractivity contribution < 1.29 is 20.1 Å². The van der Waals surface area contributed by atoms with E-state index in [0.29, 0.717) is 0 Å². The van der Waals surface area contributed by atoms with E-state index in [0.717, 1.165) is 10.9 Å². The molecule has 0 unspecified atom stereocenters. The van der Waals surface area contributed by atoms with Crippen LogP contribution in [0.3, 0.4) is 0 Å². The molecule has 0 fully saturated rings. The van der Waals surface area contributed by atoms with E-state index in [1.165, 1.54) is 21.5 Å². The first-order chi connectivity index (χ1) is 8.93. The molecule has 0 aliphatic heterocycles. The molecule has 93 valence electrons. The van der Waals surface area contributed by atoms with Crippen molar-refractivity contribution in [1.29, 1.82) is 0 Å². The number of aromatic nitrogens is 1. The van der Waals surface area contributed by atoms with Crippen LogP contribution in [-0.2, 0) is 20.1 Å².